The summed E-state index contributed by atoms with van der Waals surface area (Å²) in [6.45, 7) is 3.36. The fourth-order valence-electron chi connectivity index (χ4n) is 4.00. The molecule has 30 heavy (non-hydrogen) atoms. The van der Waals surface area contributed by atoms with E-state index in [9.17, 15) is 9.18 Å². The van der Waals surface area contributed by atoms with E-state index in [1.54, 1.807) is 4.90 Å². The molecule has 2 saturated heterocycles. The smallest absolute Gasteiger partial charge is 0.266 e. The SMILES string of the molecule is O=C(N1CCN(c2noc(-c3ccc4cnn(C5COC5)c4c3)n2)CC1)C1(F)CC1. The maximum atomic E-state index is 14.0. The number of halogens is 1. The highest BCUT2D eigenvalue weighted by molar-refractivity contribution is 5.88. The van der Waals surface area contributed by atoms with Crippen LogP contribution in [0.1, 0.15) is 18.9 Å². The van der Waals surface area contributed by atoms with Crippen LogP contribution < -0.4 is 4.90 Å². The molecule has 9 nitrogen and oxygen atoms in total. The van der Waals surface area contributed by atoms with Crippen molar-refractivity contribution in [2.45, 2.75) is 24.6 Å². The molecule has 2 aliphatic heterocycles. The van der Waals surface area contributed by atoms with E-state index in [0.717, 1.165) is 16.5 Å². The Bertz CT molecular complexity index is 1110. The molecule has 0 N–H and O–H groups in total. The zero-order valence-corrected chi connectivity index (χ0v) is 16.3. The molecule has 0 bridgehead atoms. The lowest BCUT2D eigenvalue weighted by molar-refractivity contribution is -0.138. The summed E-state index contributed by atoms with van der Waals surface area (Å²) in [5, 5.41) is 9.64. The molecule has 3 fully saturated rings. The minimum absolute atomic E-state index is 0.258. The Labute approximate surface area is 171 Å². The van der Waals surface area contributed by atoms with Gasteiger partial charge in [0, 0.05) is 37.1 Å². The van der Waals surface area contributed by atoms with Crippen molar-refractivity contribution < 1.29 is 18.4 Å². The number of carbonyl (C=O) groups excluding carboxylic acids is 1. The van der Waals surface area contributed by atoms with Gasteiger partial charge in [0.1, 0.15) is 0 Å². The van der Waals surface area contributed by atoms with E-state index in [1.807, 2.05) is 34.0 Å². The van der Waals surface area contributed by atoms with Crippen LogP contribution in [0.15, 0.2) is 28.9 Å². The van der Waals surface area contributed by atoms with Crippen LogP contribution in [-0.4, -0.2) is 75.8 Å². The molecule has 0 atom stereocenters. The third-order valence-corrected chi connectivity index (χ3v) is 6.15. The number of carbonyl (C=O) groups is 1. The highest BCUT2D eigenvalue weighted by atomic mass is 19.1. The number of aromatic nitrogens is 4. The third kappa shape index (κ3) is 2.85. The van der Waals surface area contributed by atoms with Crippen LogP contribution in [-0.2, 0) is 9.53 Å². The number of fused-ring (bicyclic) bond motifs is 1. The number of nitrogens with zero attached hydrogens (tertiary/aromatic N) is 6. The average molecular weight is 412 g/mol. The number of anilines is 1. The first kappa shape index (κ1) is 17.8. The summed E-state index contributed by atoms with van der Waals surface area (Å²) in [7, 11) is 0. The normalized spacial score (nSPS) is 21.1. The maximum absolute atomic E-state index is 14.0. The van der Waals surface area contributed by atoms with E-state index < -0.39 is 5.67 Å². The number of ether oxygens (including phenoxy) is 1. The number of hydrogen-bond acceptors (Lipinski definition) is 7. The summed E-state index contributed by atoms with van der Waals surface area (Å²) in [5.41, 5.74) is 0.219. The number of piperazine rings is 1. The predicted molar refractivity (Wildman–Crippen MR) is 105 cm³/mol. The molecule has 0 spiro atoms. The summed E-state index contributed by atoms with van der Waals surface area (Å²) in [5.74, 6) is 0.543. The van der Waals surface area contributed by atoms with Gasteiger partial charge >= 0.3 is 0 Å². The van der Waals surface area contributed by atoms with Crippen LogP contribution in [0.3, 0.4) is 0 Å². The van der Waals surface area contributed by atoms with E-state index in [4.69, 9.17) is 9.26 Å². The number of alkyl halides is 1. The van der Waals surface area contributed by atoms with E-state index in [-0.39, 0.29) is 11.9 Å². The molecule has 0 radical (unpaired) electrons. The second-order valence-corrected chi connectivity index (χ2v) is 8.20. The monoisotopic (exact) mass is 412 g/mol. The van der Waals surface area contributed by atoms with Gasteiger partial charge in [0.15, 0.2) is 5.67 Å². The second kappa shape index (κ2) is 6.49. The maximum Gasteiger partial charge on any atom is 0.266 e. The molecule has 3 aromatic rings. The fraction of sp³-hybridized carbons (Fsp3) is 0.500. The molecular weight excluding hydrogens is 391 g/mol. The molecular formula is C20H21FN6O3. The Hall–Kier alpha value is -3.01. The first-order valence-electron chi connectivity index (χ1n) is 10.2. The Morgan fingerprint density at radius 1 is 1.17 bits per heavy atom. The van der Waals surface area contributed by atoms with E-state index in [1.165, 1.54) is 0 Å². The van der Waals surface area contributed by atoms with Gasteiger partial charge in [-0.05, 0) is 30.1 Å². The van der Waals surface area contributed by atoms with Gasteiger partial charge in [-0.15, -0.1) is 0 Å². The molecule has 2 aromatic heterocycles. The van der Waals surface area contributed by atoms with Crippen LogP contribution in [0.25, 0.3) is 22.4 Å². The summed E-state index contributed by atoms with van der Waals surface area (Å²) in [6, 6.07) is 6.20. The summed E-state index contributed by atoms with van der Waals surface area (Å²) < 4.78 is 26.8. The van der Waals surface area contributed by atoms with Crippen LogP contribution in [0.4, 0.5) is 10.3 Å². The van der Waals surface area contributed by atoms with Crippen molar-refractivity contribution in [1.82, 2.24) is 24.8 Å². The van der Waals surface area contributed by atoms with Crippen LogP contribution >= 0.6 is 0 Å². The van der Waals surface area contributed by atoms with Crippen LogP contribution in [0.2, 0.25) is 0 Å². The van der Waals surface area contributed by atoms with Gasteiger partial charge in [-0.3, -0.25) is 9.48 Å². The number of amides is 1. The third-order valence-electron chi connectivity index (χ3n) is 6.15. The molecule has 1 amide bonds. The molecule has 156 valence electrons. The Morgan fingerprint density at radius 3 is 2.67 bits per heavy atom. The zero-order valence-electron chi connectivity index (χ0n) is 16.3. The molecule has 3 aliphatic rings. The summed E-state index contributed by atoms with van der Waals surface area (Å²) >= 11 is 0. The van der Waals surface area contributed by atoms with E-state index in [0.29, 0.717) is 64.1 Å². The molecule has 10 heteroatoms. The largest absolute Gasteiger partial charge is 0.377 e. The Balaban J connectivity index is 1.19. The van der Waals surface area contributed by atoms with Crippen molar-refractivity contribution >= 4 is 22.8 Å². The number of hydrogen-bond donors (Lipinski definition) is 0. The van der Waals surface area contributed by atoms with Gasteiger partial charge in [-0.1, -0.05) is 6.07 Å². The van der Waals surface area contributed by atoms with Crippen molar-refractivity contribution in [3.63, 3.8) is 0 Å². The molecule has 0 unspecified atom stereocenters. The zero-order chi connectivity index (χ0) is 20.3. The van der Waals surface area contributed by atoms with Crippen molar-refractivity contribution in [1.29, 1.82) is 0 Å². The average Bonchev–Trinajstić information content (AvgIpc) is 3.15. The van der Waals surface area contributed by atoms with Crippen LogP contribution in [0, 0.1) is 0 Å². The van der Waals surface area contributed by atoms with Gasteiger partial charge in [0.2, 0.25) is 0 Å². The summed E-state index contributed by atoms with van der Waals surface area (Å²) in [4.78, 5) is 20.3. The minimum Gasteiger partial charge on any atom is -0.377 e. The number of benzene rings is 1. The molecule has 1 aromatic carbocycles. The first-order valence-corrected chi connectivity index (χ1v) is 10.2. The second-order valence-electron chi connectivity index (χ2n) is 8.20. The molecule has 1 aliphatic carbocycles. The standard InChI is InChI=1S/C20H21FN6O3/c21-20(3-4-20)18(28)25-5-7-26(8-6-25)19-23-17(30-24-19)13-1-2-14-10-22-27(16(14)9-13)15-11-29-12-15/h1-2,9-10,15H,3-8,11-12H2. The van der Waals surface area contributed by atoms with Gasteiger partial charge in [-0.25, -0.2) is 4.39 Å². The minimum atomic E-state index is -1.61. The predicted octanol–water partition coefficient (Wildman–Crippen LogP) is 1.81. The first-order chi connectivity index (χ1) is 14.6. The molecule has 1 saturated carbocycles. The highest BCUT2D eigenvalue weighted by Gasteiger charge is 2.53. The van der Waals surface area contributed by atoms with Crippen molar-refractivity contribution in [3.05, 3.63) is 24.4 Å². The summed E-state index contributed by atoms with van der Waals surface area (Å²) in [6.07, 6.45) is 2.54. The lowest BCUT2D eigenvalue weighted by atomic mass is 10.1. The van der Waals surface area contributed by atoms with Gasteiger partial charge < -0.3 is 19.1 Å². The van der Waals surface area contributed by atoms with Gasteiger partial charge in [-0.2, -0.15) is 10.1 Å². The van der Waals surface area contributed by atoms with Crippen molar-refractivity contribution in [2.24, 2.45) is 0 Å². The van der Waals surface area contributed by atoms with E-state index >= 15 is 0 Å². The lowest BCUT2D eigenvalue weighted by Crippen LogP contribution is -2.51. The Morgan fingerprint density at radius 2 is 1.97 bits per heavy atom. The van der Waals surface area contributed by atoms with E-state index in [2.05, 4.69) is 15.2 Å². The number of rotatable bonds is 4. The lowest BCUT2D eigenvalue weighted by Gasteiger charge is -2.34. The molecule has 6 rings (SSSR count). The highest BCUT2D eigenvalue weighted by Crippen LogP contribution is 2.41. The quantitative estimate of drug-likeness (QED) is 0.646. The van der Waals surface area contributed by atoms with Gasteiger partial charge in [0.25, 0.3) is 17.7 Å². The topological polar surface area (TPSA) is 89.5 Å². The van der Waals surface area contributed by atoms with Gasteiger partial charge in [0.05, 0.1) is 31.0 Å². The fourth-order valence-corrected chi connectivity index (χ4v) is 4.00. The van der Waals surface area contributed by atoms with Crippen LogP contribution in [0.5, 0.6) is 0 Å². The van der Waals surface area contributed by atoms with Crippen molar-refractivity contribution in [3.8, 4) is 11.5 Å². The van der Waals surface area contributed by atoms with Crippen molar-refractivity contribution in [2.75, 3.05) is 44.3 Å². The Kier molecular flexibility index (Phi) is 3.86. The molecule has 4 heterocycles.